The van der Waals surface area contributed by atoms with Crippen LogP contribution in [-0.4, -0.2) is 16.1 Å². The van der Waals surface area contributed by atoms with Gasteiger partial charge in [0.2, 0.25) is 0 Å². The van der Waals surface area contributed by atoms with Crippen molar-refractivity contribution < 1.29 is 9.90 Å². The lowest BCUT2D eigenvalue weighted by Gasteiger charge is -2.10. The van der Waals surface area contributed by atoms with Crippen LogP contribution >= 0.6 is 43.5 Å². The molecule has 1 aromatic carbocycles. The molecule has 7 heteroatoms. The molecule has 0 radical (unpaired) electrons. The number of carbonyl (C=O) groups is 1. The summed E-state index contributed by atoms with van der Waals surface area (Å²) in [7, 11) is 0. The maximum atomic E-state index is 10.8. The van der Waals surface area contributed by atoms with Gasteiger partial charge in [-0.15, -0.1) is 0 Å². The van der Waals surface area contributed by atoms with Gasteiger partial charge in [0.05, 0.1) is 16.3 Å². The Labute approximate surface area is 131 Å². The Bertz CT molecular complexity index is 650. The molecule has 1 heterocycles. The lowest BCUT2D eigenvalue weighted by Crippen LogP contribution is -2.01. The number of carboxylic acids is 1. The van der Waals surface area contributed by atoms with Crippen molar-refractivity contribution in [2.45, 2.75) is 0 Å². The zero-order chi connectivity index (χ0) is 14.0. The Hall–Kier alpha value is -1.11. The number of aromatic nitrogens is 1. The number of hydrogen-bond acceptors (Lipinski definition) is 3. The van der Waals surface area contributed by atoms with Crippen LogP contribution in [0.5, 0.6) is 0 Å². The van der Waals surface area contributed by atoms with Crippen molar-refractivity contribution in [3.8, 4) is 0 Å². The first-order valence-electron chi connectivity index (χ1n) is 5.08. The summed E-state index contributed by atoms with van der Waals surface area (Å²) in [5, 5.41) is 12.1. The summed E-state index contributed by atoms with van der Waals surface area (Å²) in [5.41, 5.74) is 0.815. The predicted molar refractivity (Wildman–Crippen MR) is 81.3 cm³/mol. The first kappa shape index (κ1) is 14.3. The van der Waals surface area contributed by atoms with Crippen LogP contribution in [0.15, 0.2) is 39.4 Å². The van der Waals surface area contributed by atoms with Crippen LogP contribution in [0.4, 0.5) is 11.5 Å². The molecule has 0 saturated carbocycles. The zero-order valence-electron chi connectivity index (χ0n) is 9.32. The van der Waals surface area contributed by atoms with Crippen LogP contribution in [0.2, 0.25) is 5.02 Å². The van der Waals surface area contributed by atoms with Gasteiger partial charge in [-0.1, -0.05) is 27.5 Å². The average molecular weight is 406 g/mol. The fourth-order valence-corrected chi connectivity index (χ4v) is 2.29. The van der Waals surface area contributed by atoms with Crippen LogP contribution in [0.3, 0.4) is 0 Å². The minimum atomic E-state index is -1.07. The van der Waals surface area contributed by atoms with Gasteiger partial charge >= 0.3 is 5.97 Å². The number of halogens is 3. The molecule has 4 nitrogen and oxygen atoms in total. The summed E-state index contributed by atoms with van der Waals surface area (Å²) < 4.78 is 1.74. The quantitative estimate of drug-likeness (QED) is 0.776. The molecule has 0 saturated heterocycles. The number of nitrogens with one attached hydrogen (secondary N) is 1. The largest absolute Gasteiger partial charge is 0.478 e. The molecule has 0 aliphatic carbocycles. The lowest BCUT2D eigenvalue weighted by atomic mass is 10.2. The van der Waals surface area contributed by atoms with E-state index in [2.05, 4.69) is 42.2 Å². The highest BCUT2D eigenvalue weighted by atomic mass is 79.9. The van der Waals surface area contributed by atoms with E-state index in [1.807, 2.05) is 18.2 Å². The second-order valence-electron chi connectivity index (χ2n) is 3.61. The van der Waals surface area contributed by atoms with E-state index in [4.69, 9.17) is 16.7 Å². The Balaban J connectivity index is 2.33. The van der Waals surface area contributed by atoms with Gasteiger partial charge < -0.3 is 10.4 Å². The minimum absolute atomic E-state index is 0.0452. The van der Waals surface area contributed by atoms with E-state index in [0.717, 1.165) is 14.6 Å². The standard InChI is InChI=1S/C12H7Br2ClN2O2/c13-7-1-2-8(14)10(4-7)17-11-9(15)3-6(5-16-11)12(18)19/h1-5H,(H,16,17)(H,18,19). The third kappa shape index (κ3) is 3.46. The van der Waals surface area contributed by atoms with Crippen molar-refractivity contribution in [3.63, 3.8) is 0 Å². The van der Waals surface area contributed by atoms with Gasteiger partial charge in [-0.05, 0) is 40.2 Å². The van der Waals surface area contributed by atoms with Gasteiger partial charge in [-0.25, -0.2) is 9.78 Å². The molecule has 2 rings (SSSR count). The van der Waals surface area contributed by atoms with E-state index in [1.165, 1.54) is 12.3 Å². The number of anilines is 2. The van der Waals surface area contributed by atoms with Crippen molar-refractivity contribution in [2.75, 3.05) is 5.32 Å². The number of carboxylic acid groups (broad SMARTS) is 1. The summed E-state index contributed by atoms with van der Waals surface area (Å²) in [6, 6.07) is 6.96. The zero-order valence-corrected chi connectivity index (χ0v) is 13.3. The Kier molecular flexibility index (Phi) is 4.44. The second-order valence-corrected chi connectivity index (χ2v) is 5.79. The van der Waals surface area contributed by atoms with Gasteiger partial charge in [0, 0.05) is 15.1 Å². The first-order valence-corrected chi connectivity index (χ1v) is 7.04. The van der Waals surface area contributed by atoms with Crippen LogP contribution in [0.1, 0.15) is 10.4 Å². The van der Waals surface area contributed by atoms with Crippen LogP contribution in [-0.2, 0) is 0 Å². The molecule has 0 fully saturated rings. The van der Waals surface area contributed by atoms with Crippen molar-refractivity contribution >= 4 is 60.9 Å². The molecule has 0 spiro atoms. The van der Waals surface area contributed by atoms with Crippen molar-refractivity contribution in [1.29, 1.82) is 0 Å². The maximum Gasteiger partial charge on any atom is 0.337 e. The normalized spacial score (nSPS) is 10.3. The Morgan fingerprint density at radius 2 is 2.05 bits per heavy atom. The molecule has 1 aromatic heterocycles. The van der Waals surface area contributed by atoms with Gasteiger partial charge in [0.25, 0.3) is 0 Å². The second kappa shape index (κ2) is 5.90. The van der Waals surface area contributed by atoms with E-state index >= 15 is 0 Å². The maximum absolute atomic E-state index is 10.8. The molecule has 0 aliphatic heterocycles. The summed E-state index contributed by atoms with van der Waals surface area (Å²) in [5.74, 6) is -0.671. The fourth-order valence-electron chi connectivity index (χ4n) is 1.37. The third-order valence-electron chi connectivity index (χ3n) is 2.27. The third-order valence-corrected chi connectivity index (χ3v) is 3.74. The van der Waals surface area contributed by atoms with E-state index in [1.54, 1.807) is 0 Å². The Morgan fingerprint density at radius 1 is 1.32 bits per heavy atom. The van der Waals surface area contributed by atoms with Crippen LogP contribution in [0, 0.1) is 0 Å². The van der Waals surface area contributed by atoms with E-state index in [0.29, 0.717) is 5.82 Å². The van der Waals surface area contributed by atoms with E-state index in [9.17, 15) is 4.79 Å². The van der Waals surface area contributed by atoms with Gasteiger partial charge in [-0.2, -0.15) is 0 Å². The van der Waals surface area contributed by atoms with Crippen LogP contribution < -0.4 is 5.32 Å². The number of nitrogens with zero attached hydrogens (tertiary/aromatic N) is 1. The van der Waals surface area contributed by atoms with Gasteiger partial charge in [0.15, 0.2) is 0 Å². The number of rotatable bonds is 3. The molecule has 0 unspecified atom stereocenters. The predicted octanol–water partition coefficient (Wildman–Crippen LogP) is 4.70. The SMILES string of the molecule is O=C(O)c1cnc(Nc2cc(Br)ccc2Br)c(Cl)c1. The van der Waals surface area contributed by atoms with E-state index < -0.39 is 5.97 Å². The average Bonchev–Trinajstić information content (AvgIpc) is 2.36. The summed E-state index contributed by atoms with van der Waals surface area (Å²) in [6.07, 6.45) is 1.25. The highest BCUT2D eigenvalue weighted by Gasteiger charge is 2.10. The smallest absolute Gasteiger partial charge is 0.337 e. The van der Waals surface area contributed by atoms with Crippen molar-refractivity contribution in [3.05, 3.63) is 50.0 Å². The Morgan fingerprint density at radius 3 is 2.68 bits per heavy atom. The number of benzene rings is 1. The van der Waals surface area contributed by atoms with E-state index in [-0.39, 0.29) is 10.6 Å². The van der Waals surface area contributed by atoms with Crippen molar-refractivity contribution in [2.24, 2.45) is 0 Å². The molecule has 0 bridgehead atoms. The van der Waals surface area contributed by atoms with Crippen molar-refractivity contribution in [1.82, 2.24) is 4.98 Å². The first-order chi connectivity index (χ1) is 8.97. The van der Waals surface area contributed by atoms with Gasteiger partial charge in [0.1, 0.15) is 5.82 Å². The topological polar surface area (TPSA) is 62.2 Å². The number of hydrogen-bond donors (Lipinski definition) is 2. The molecule has 98 valence electrons. The summed E-state index contributed by atoms with van der Waals surface area (Å²) >= 11 is 12.8. The molecule has 0 atom stereocenters. The molecule has 0 amide bonds. The molecule has 0 aliphatic rings. The number of aromatic carboxylic acids is 1. The monoisotopic (exact) mass is 404 g/mol. The molecule has 19 heavy (non-hydrogen) atoms. The highest BCUT2D eigenvalue weighted by Crippen LogP contribution is 2.31. The highest BCUT2D eigenvalue weighted by molar-refractivity contribution is 9.11. The number of pyridine rings is 1. The molecule has 2 aromatic rings. The summed E-state index contributed by atoms with van der Waals surface area (Å²) in [6.45, 7) is 0. The fraction of sp³-hybridized carbons (Fsp3) is 0. The lowest BCUT2D eigenvalue weighted by molar-refractivity contribution is 0.0696. The van der Waals surface area contributed by atoms with Crippen LogP contribution in [0.25, 0.3) is 0 Å². The molecular weight excluding hydrogens is 399 g/mol. The molecule has 2 N–H and O–H groups in total. The summed E-state index contributed by atoms with van der Waals surface area (Å²) in [4.78, 5) is 14.8. The van der Waals surface area contributed by atoms with Gasteiger partial charge in [-0.3, -0.25) is 0 Å². The molecular formula is C12H7Br2ClN2O2. The minimum Gasteiger partial charge on any atom is -0.478 e.